The van der Waals surface area contributed by atoms with E-state index in [1.807, 2.05) is 23.8 Å². The second-order valence-electron chi connectivity index (χ2n) is 7.31. The average Bonchev–Trinajstić information content (AvgIpc) is 3.37. The molecule has 0 aliphatic carbocycles. The molecule has 1 aromatic carbocycles. The van der Waals surface area contributed by atoms with Crippen LogP contribution in [-0.4, -0.2) is 38.7 Å². The van der Waals surface area contributed by atoms with E-state index in [0.29, 0.717) is 16.1 Å². The van der Waals surface area contributed by atoms with Gasteiger partial charge in [0.2, 0.25) is 0 Å². The molecule has 0 radical (unpaired) electrons. The SMILES string of the molecule is Cc1cc(C(=O)CN2C(=O)NC(C)(c3ccc(Cl)cc3)C2=O)c(C)n1-c1nccs1. The number of hydrogen-bond donors (Lipinski definition) is 1. The molecule has 30 heavy (non-hydrogen) atoms. The van der Waals surface area contributed by atoms with Crippen LogP contribution in [0.1, 0.15) is 34.2 Å². The zero-order chi connectivity index (χ0) is 21.6. The summed E-state index contributed by atoms with van der Waals surface area (Å²) in [6.45, 7) is 4.99. The Bertz CT molecular complexity index is 1150. The zero-order valence-electron chi connectivity index (χ0n) is 16.6. The molecule has 154 valence electrons. The maximum atomic E-state index is 13.1. The van der Waals surface area contributed by atoms with Crippen molar-refractivity contribution in [3.63, 3.8) is 0 Å². The Hall–Kier alpha value is -2.97. The van der Waals surface area contributed by atoms with Crippen molar-refractivity contribution in [2.24, 2.45) is 0 Å². The number of thiazole rings is 1. The van der Waals surface area contributed by atoms with Gasteiger partial charge in [0.1, 0.15) is 5.54 Å². The number of rotatable bonds is 5. The van der Waals surface area contributed by atoms with Gasteiger partial charge in [-0.1, -0.05) is 23.7 Å². The quantitative estimate of drug-likeness (QED) is 0.480. The van der Waals surface area contributed by atoms with Crippen LogP contribution in [0.25, 0.3) is 5.13 Å². The molecule has 3 heterocycles. The summed E-state index contributed by atoms with van der Waals surface area (Å²) in [4.78, 5) is 43.9. The van der Waals surface area contributed by atoms with Crippen LogP contribution >= 0.6 is 22.9 Å². The number of carbonyl (C=O) groups excluding carboxylic acids is 3. The topological polar surface area (TPSA) is 84.3 Å². The maximum Gasteiger partial charge on any atom is 0.325 e. The van der Waals surface area contributed by atoms with Crippen molar-refractivity contribution in [1.29, 1.82) is 0 Å². The van der Waals surface area contributed by atoms with Gasteiger partial charge in [0, 0.05) is 33.6 Å². The van der Waals surface area contributed by atoms with Gasteiger partial charge in [-0.15, -0.1) is 11.3 Å². The van der Waals surface area contributed by atoms with Gasteiger partial charge < -0.3 is 5.32 Å². The van der Waals surface area contributed by atoms with E-state index in [4.69, 9.17) is 11.6 Å². The molecule has 3 amide bonds. The average molecular weight is 443 g/mol. The number of urea groups is 1. The van der Waals surface area contributed by atoms with Crippen molar-refractivity contribution in [3.8, 4) is 5.13 Å². The largest absolute Gasteiger partial charge is 0.325 e. The highest BCUT2D eigenvalue weighted by atomic mass is 35.5. The third-order valence-electron chi connectivity index (χ3n) is 5.34. The molecule has 2 aromatic heterocycles. The molecule has 4 rings (SSSR count). The Balaban J connectivity index is 1.60. The first-order chi connectivity index (χ1) is 14.2. The van der Waals surface area contributed by atoms with Crippen LogP contribution in [-0.2, 0) is 10.3 Å². The van der Waals surface area contributed by atoms with Gasteiger partial charge in [-0.2, -0.15) is 0 Å². The Morgan fingerprint density at radius 2 is 1.93 bits per heavy atom. The molecule has 1 N–H and O–H groups in total. The second-order valence-corrected chi connectivity index (χ2v) is 8.62. The lowest BCUT2D eigenvalue weighted by Crippen LogP contribution is -2.41. The van der Waals surface area contributed by atoms with E-state index in [2.05, 4.69) is 10.3 Å². The van der Waals surface area contributed by atoms with E-state index in [-0.39, 0.29) is 12.3 Å². The van der Waals surface area contributed by atoms with Gasteiger partial charge in [-0.25, -0.2) is 9.78 Å². The van der Waals surface area contributed by atoms with Crippen LogP contribution in [0, 0.1) is 13.8 Å². The van der Waals surface area contributed by atoms with Gasteiger partial charge in [-0.05, 0) is 44.5 Å². The predicted octanol–water partition coefficient (Wildman–Crippen LogP) is 3.85. The van der Waals surface area contributed by atoms with Crippen LogP contribution in [0.4, 0.5) is 4.79 Å². The van der Waals surface area contributed by atoms with Crippen LogP contribution < -0.4 is 5.32 Å². The minimum atomic E-state index is -1.25. The normalized spacial score (nSPS) is 18.7. The van der Waals surface area contributed by atoms with Crippen molar-refractivity contribution in [1.82, 2.24) is 19.8 Å². The summed E-state index contributed by atoms with van der Waals surface area (Å²) < 4.78 is 1.89. The number of halogens is 1. The van der Waals surface area contributed by atoms with Gasteiger partial charge in [0.05, 0.1) is 6.54 Å². The fourth-order valence-electron chi connectivity index (χ4n) is 3.71. The molecule has 9 heteroatoms. The van der Waals surface area contributed by atoms with E-state index >= 15 is 0 Å². The number of amides is 3. The summed E-state index contributed by atoms with van der Waals surface area (Å²) in [5.74, 6) is -0.785. The van der Waals surface area contributed by atoms with Crippen LogP contribution in [0.2, 0.25) is 5.02 Å². The van der Waals surface area contributed by atoms with Crippen LogP contribution in [0.5, 0.6) is 0 Å². The number of nitrogens with zero attached hydrogens (tertiary/aromatic N) is 3. The third kappa shape index (κ3) is 3.22. The minimum absolute atomic E-state index is 0.310. The number of aromatic nitrogens is 2. The molecule has 1 saturated heterocycles. The summed E-state index contributed by atoms with van der Waals surface area (Å²) in [5.41, 5.74) is 1.39. The number of carbonyl (C=O) groups is 3. The number of benzene rings is 1. The van der Waals surface area contributed by atoms with Gasteiger partial charge in [-0.3, -0.25) is 19.1 Å². The minimum Gasteiger partial charge on any atom is -0.319 e. The Labute approximate surface area is 182 Å². The lowest BCUT2D eigenvalue weighted by Gasteiger charge is -2.22. The van der Waals surface area contributed by atoms with Gasteiger partial charge in [0.15, 0.2) is 10.9 Å². The first-order valence-electron chi connectivity index (χ1n) is 9.24. The summed E-state index contributed by atoms with van der Waals surface area (Å²) in [7, 11) is 0. The van der Waals surface area contributed by atoms with Crippen molar-refractivity contribution < 1.29 is 14.4 Å². The van der Waals surface area contributed by atoms with Gasteiger partial charge >= 0.3 is 6.03 Å². The van der Waals surface area contributed by atoms with Crippen molar-refractivity contribution in [2.75, 3.05) is 6.54 Å². The van der Waals surface area contributed by atoms with Crippen molar-refractivity contribution in [3.05, 3.63) is 69.4 Å². The number of hydrogen-bond acceptors (Lipinski definition) is 5. The highest BCUT2D eigenvalue weighted by molar-refractivity contribution is 7.12. The lowest BCUT2D eigenvalue weighted by molar-refractivity contribution is -0.130. The second kappa shape index (κ2) is 7.37. The zero-order valence-corrected chi connectivity index (χ0v) is 18.2. The molecule has 1 aliphatic heterocycles. The highest BCUT2D eigenvalue weighted by Crippen LogP contribution is 2.30. The molecule has 0 saturated carbocycles. The van der Waals surface area contributed by atoms with Gasteiger partial charge in [0.25, 0.3) is 5.91 Å². The molecule has 3 aromatic rings. The Morgan fingerprint density at radius 3 is 2.57 bits per heavy atom. The first kappa shape index (κ1) is 20.3. The molecular weight excluding hydrogens is 424 g/mol. The number of Topliss-reactive ketones (excluding diaryl/α,β-unsaturated/α-hetero) is 1. The smallest absolute Gasteiger partial charge is 0.319 e. The molecule has 1 fully saturated rings. The molecule has 1 unspecified atom stereocenters. The molecule has 7 nitrogen and oxygen atoms in total. The van der Waals surface area contributed by atoms with E-state index < -0.39 is 17.5 Å². The third-order valence-corrected chi connectivity index (χ3v) is 6.35. The summed E-state index contributed by atoms with van der Waals surface area (Å²) in [6, 6.07) is 7.85. The fraction of sp³-hybridized carbons (Fsp3) is 0.238. The van der Waals surface area contributed by atoms with E-state index in [1.165, 1.54) is 11.3 Å². The van der Waals surface area contributed by atoms with E-state index in [1.54, 1.807) is 43.5 Å². The Morgan fingerprint density at radius 1 is 1.23 bits per heavy atom. The maximum absolute atomic E-state index is 13.1. The lowest BCUT2D eigenvalue weighted by atomic mass is 9.92. The monoisotopic (exact) mass is 442 g/mol. The molecule has 0 spiro atoms. The molecule has 1 aliphatic rings. The summed E-state index contributed by atoms with van der Waals surface area (Å²) >= 11 is 7.39. The van der Waals surface area contributed by atoms with Crippen LogP contribution in [0.15, 0.2) is 41.9 Å². The van der Waals surface area contributed by atoms with Crippen molar-refractivity contribution in [2.45, 2.75) is 26.3 Å². The number of aryl methyl sites for hydroxylation is 1. The molecule has 1 atom stereocenters. The number of imide groups is 1. The summed E-state index contributed by atoms with van der Waals surface area (Å²) in [6.07, 6.45) is 1.70. The highest BCUT2D eigenvalue weighted by Gasteiger charge is 2.49. The first-order valence-corrected chi connectivity index (χ1v) is 10.5. The molecular formula is C21H19ClN4O3S. The number of ketones is 1. The predicted molar refractivity (Wildman–Crippen MR) is 114 cm³/mol. The standard InChI is InChI=1S/C21H19ClN4O3S/c1-12-10-16(13(2)26(12)20-23-8-9-30-20)17(27)11-25-18(28)21(3,24-19(25)29)14-4-6-15(22)7-5-14/h4-10H,11H2,1-3H3,(H,24,29). The number of nitrogens with one attached hydrogen (secondary N) is 1. The fourth-order valence-corrected chi connectivity index (χ4v) is 4.59. The van der Waals surface area contributed by atoms with Crippen LogP contribution in [0.3, 0.4) is 0 Å². The summed E-state index contributed by atoms with van der Waals surface area (Å²) in [5, 5.41) is 5.85. The van der Waals surface area contributed by atoms with E-state index in [0.717, 1.165) is 21.4 Å². The Kier molecular flexibility index (Phi) is 4.99. The van der Waals surface area contributed by atoms with Crippen molar-refractivity contribution >= 4 is 40.7 Å². The van der Waals surface area contributed by atoms with E-state index in [9.17, 15) is 14.4 Å². The molecule has 0 bridgehead atoms.